The van der Waals surface area contributed by atoms with Crippen LogP contribution in [0.4, 0.5) is 0 Å². The minimum Gasteiger partial charge on any atom is -0.389 e. The van der Waals surface area contributed by atoms with Crippen molar-refractivity contribution in [1.29, 1.82) is 0 Å². The van der Waals surface area contributed by atoms with E-state index in [4.69, 9.17) is 9.79 Å². The van der Waals surface area contributed by atoms with Crippen molar-refractivity contribution in [1.82, 2.24) is 14.7 Å². The Morgan fingerprint density at radius 2 is 1.10 bits per heavy atom. The summed E-state index contributed by atoms with van der Waals surface area (Å²) in [6.45, 7) is 7.62. The van der Waals surface area contributed by atoms with Crippen molar-refractivity contribution in [3.63, 3.8) is 0 Å². The molecule has 0 bridgehead atoms. The lowest BCUT2D eigenvalue weighted by atomic mass is 10.1. The molecule has 4 rings (SSSR count). The summed E-state index contributed by atoms with van der Waals surface area (Å²) in [5.74, 6) is 0. The van der Waals surface area contributed by atoms with Crippen molar-refractivity contribution >= 4 is 7.60 Å². The maximum absolute atomic E-state index is 11.2. The summed E-state index contributed by atoms with van der Waals surface area (Å²) in [6, 6.07) is 7.50. The number of hydrogen-bond acceptors (Lipinski definition) is 6. The number of benzene rings is 1. The highest BCUT2D eigenvalue weighted by atomic mass is 31.2. The molecule has 0 unspecified atom stereocenters. The van der Waals surface area contributed by atoms with Crippen LogP contribution >= 0.6 is 7.60 Å². The van der Waals surface area contributed by atoms with Gasteiger partial charge in [-0.3, -0.25) is 19.3 Å². The fourth-order valence-electron chi connectivity index (χ4n) is 4.34. The van der Waals surface area contributed by atoms with Gasteiger partial charge in [-0.25, -0.2) is 0 Å². The predicted octanol–water partition coefficient (Wildman–Crippen LogP) is 0.834. The Hall–Kier alpha value is -0.830. The Morgan fingerprint density at radius 1 is 0.710 bits per heavy atom. The van der Waals surface area contributed by atoms with Gasteiger partial charge in [0.25, 0.3) is 0 Å². The lowest BCUT2D eigenvalue weighted by molar-refractivity contribution is 0.0714. The largest absolute Gasteiger partial charge is 0.389 e. The Morgan fingerprint density at radius 3 is 1.48 bits per heavy atom. The lowest BCUT2D eigenvalue weighted by Crippen LogP contribution is -2.42. The molecular weight excluding hydrogens is 417 g/mol. The summed E-state index contributed by atoms with van der Waals surface area (Å²) in [6.07, 6.45) is 3.32. The zero-order chi connectivity index (χ0) is 22.1. The summed E-state index contributed by atoms with van der Waals surface area (Å²) in [4.78, 5) is 25.4. The van der Waals surface area contributed by atoms with Gasteiger partial charge in [-0.1, -0.05) is 24.3 Å². The predicted molar refractivity (Wildman–Crippen MR) is 119 cm³/mol. The first-order valence-electron chi connectivity index (χ1n) is 11.3. The zero-order valence-electron chi connectivity index (χ0n) is 18.2. The number of aliphatic hydroxyl groups is 2. The highest BCUT2D eigenvalue weighted by Crippen LogP contribution is 2.39. The van der Waals surface area contributed by atoms with E-state index >= 15 is 0 Å². The van der Waals surface area contributed by atoms with Crippen LogP contribution in [0.1, 0.15) is 36.8 Å². The van der Waals surface area contributed by atoms with E-state index in [1.54, 1.807) is 12.1 Å². The first-order valence-corrected chi connectivity index (χ1v) is 13.1. The molecule has 2 aliphatic carbocycles. The molecule has 3 fully saturated rings. The van der Waals surface area contributed by atoms with Crippen LogP contribution in [0.25, 0.3) is 0 Å². The van der Waals surface area contributed by atoms with Crippen molar-refractivity contribution in [2.24, 2.45) is 0 Å². The molecule has 174 valence electrons. The molecule has 0 atom stereocenters. The minimum atomic E-state index is -4.05. The van der Waals surface area contributed by atoms with E-state index in [2.05, 4.69) is 14.7 Å². The molecule has 31 heavy (non-hydrogen) atoms. The molecule has 3 aliphatic rings. The van der Waals surface area contributed by atoms with Crippen molar-refractivity contribution in [2.45, 2.75) is 49.6 Å². The smallest absolute Gasteiger partial charge is 0.329 e. The highest BCUT2D eigenvalue weighted by Gasteiger charge is 2.43. The van der Waals surface area contributed by atoms with E-state index in [-0.39, 0.29) is 6.16 Å². The summed E-state index contributed by atoms with van der Waals surface area (Å²) in [5, 5.41) is 20.8. The molecule has 0 radical (unpaired) electrons. The third-order valence-electron chi connectivity index (χ3n) is 6.71. The van der Waals surface area contributed by atoms with Crippen molar-refractivity contribution in [2.75, 3.05) is 52.4 Å². The van der Waals surface area contributed by atoms with E-state index in [1.807, 2.05) is 12.1 Å². The van der Waals surface area contributed by atoms with E-state index in [9.17, 15) is 14.8 Å². The van der Waals surface area contributed by atoms with Crippen molar-refractivity contribution in [3.8, 4) is 0 Å². The van der Waals surface area contributed by atoms with Crippen LogP contribution in [0.5, 0.6) is 0 Å². The molecule has 1 saturated heterocycles. The third kappa shape index (κ3) is 7.62. The number of hydrogen-bond donors (Lipinski definition) is 4. The first-order chi connectivity index (χ1) is 14.6. The standard InChI is InChI=1S/C22H36N3O5P/c26-21(5-6-21)17-24-11-9-23(10-12-25(14-13-24)18-22(27)7-8-22)15-19-1-3-20(4-2-19)16-31(28,29)30/h1-4,26-27H,5-18H2,(H2,28,29,30). The van der Waals surface area contributed by atoms with Crippen LogP contribution in [0.3, 0.4) is 0 Å². The Labute approximate surface area is 184 Å². The van der Waals surface area contributed by atoms with E-state index in [0.717, 1.165) is 90.1 Å². The second-order valence-corrected chi connectivity index (χ2v) is 11.6. The van der Waals surface area contributed by atoms with E-state index in [1.165, 1.54) is 0 Å². The zero-order valence-corrected chi connectivity index (χ0v) is 19.1. The van der Waals surface area contributed by atoms with Crippen LogP contribution in [0.15, 0.2) is 24.3 Å². The van der Waals surface area contributed by atoms with Gasteiger partial charge in [-0.05, 0) is 36.8 Å². The molecule has 1 aliphatic heterocycles. The molecule has 1 aromatic rings. The fraction of sp³-hybridized carbons (Fsp3) is 0.727. The monoisotopic (exact) mass is 453 g/mol. The second-order valence-electron chi connectivity index (χ2n) is 9.92. The SMILES string of the molecule is O=P(O)(O)Cc1ccc(CN2CCN(CC3(O)CC3)CCN(CC3(O)CC3)CC2)cc1. The van der Waals surface area contributed by atoms with Gasteiger partial charge in [-0.15, -0.1) is 0 Å². The fourth-order valence-corrected chi connectivity index (χ4v) is 5.03. The number of β-amino-alcohol motifs (C(OH)–C–C–N with tert-alkyl or cyclic N) is 2. The van der Waals surface area contributed by atoms with Crippen LogP contribution in [0.2, 0.25) is 0 Å². The van der Waals surface area contributed by atoms with Gasteiger partial charge in [0.1, 0.15) is 0 Å². The first kappa shape index (κ1) is 23.3. The Balaban J connectivity index is 1.38. The minimum absolute atomic E-state index is 0.229. The van der Waals surface area contributed by atoms with Gasteiger partial charge < -0.3 is 20.0 Å². The molecule has 1 aromatic carbocycles. The normalized spacial score (nSPS) is 24.9. The van der Waals surface area contributed by atoms with Crippen LogP contribution in [0, 0.1) is 0 Å². The summed E-state index contributed by atoms with van der Waals surface area (Å²) < 4.78 is 11.2. The molecule has 0 amide bonds. The quantitative estimate of drug-likeness (QED) is 0.429. The van der Waals surface area contributed by atoms with Crippen molar-refractivity contribution < 1.29 is 24.6 Å². The highest BCUT2D eigenvalue weighted by molar-refractivity contribution is 7.50. The van der Waals surface area contributed by atoms with Gasteiger partial charge in [0, 0.05) is 58.9 Å². The van der Waals surface area contributed by atoms with Gasteiger partial charge in [0.15, 0.2) is 0 Å². The summed E-state index contributed by atoms with van der Waals surface area (Å²) in [7, 11) is -4.05. The lowest BCUT2D eigenvalue weighted by Gasteiger charge is -2.28. The molecule has 1 heterocycles. The molecular formula is C22H36N3O5P. The maximum Gasteiger partial charge on any atom is 0.329 e. The molecule has 0 aromatic heterocycles. The Bertz CT molecular complexity index is 759. The topological polar surface area (TPSA) is 108 Å². The average molecular weight is 454 g/mol. The van der Waals surface area contributed by atoms with Crippen LogP contribution in [-0.4, -0.2) is 98.3 Å². The molecule has 2 saturated carbocycles. The number of nitrogens with zero attached hydrogens (tertiary/aromatic N) is 3. The third-order valence-corrected chi connectivity index (χ3v) is 7.48. The summed E-state index contributed by atoms with van der Waals surface area (Å²) >= 11 is 0. The molecule has 4 N–H and O–H groups in total. The van der Waals surface area contributed by atoms with Crippen LogP contribution in [-0.2, 0) is 17.3 Å². The summed E-state index contributed by atoms with van der Waals surface area (Å²) in [5.41, 5.74) is 0.753. The Kier molecular flexibility index (Phi) is 6.92. The molecule has 9 heteroatoms. The second kappa shape index (κ2) is 9.20. The van der Waals surface area contributed by atoms with Crippen molar-refractivity contribution in [3.05, 3.63) is 35.4 Å². The van der Waals surface area contributed by atoms with Gasteiger partial charge in [0.05, 0.1) is 17.4 Å². The van der Waals surface area contributed by atoms with Crippen LogP contribution < -0.4 is 0 Å². The van der Waals surface area contributed by atoms with E-state index < -0.39 is 18.8 Å². The average Bonchev–Trinajstić information content (AvgIpc) is 3.60. The number of rotatable bonds is 8. The molecule has 0 spiro atoms. The molecule has 8 nitrogen and oxygen atoms in total. The van der Waals surface area contributed by atoms with Gasteiger partial charge in [-0.2, -0.15) is 0 Å². The van der Waals surface area contributed by atoms with Gasteiger partial charge in [0.2, 0.25) is 0 Å². The maximum atomic E-state index is 11.2. The van der Waals surface area contributed by atoms with Gasteiger partial charge >= 0.3 is 7.60 Å². The van der Waals surface area contributed by atoms with E-state index in [0.29, 0.717) is 5.56 Å².